The second-order valence-corrected chi connectivity index (χ2v) is 6.53. The first-order valence-electron chi connectivity index (χ1n) is 8.91. The van der Waals surface area contributed by atoms with Crippen molar-refractivity contribution in [2.75, 3.05) is 26.7 Å². The number of likely N-dealkylation sites (tertiary alicyclic amines) is 1. The average Bonchev–Trinajstić information content (AvgIpc) is 2.67. The van der Waals surface area contributed by atoms with Crippen LogP contribution in [0, 0.1) is 0 Å². The fourth-order valence-corrected chi connectivity index (χ4v) is 3.44. The molecule has 0 radical (unpaired) electrons. The van der Waals surface area contributed by atoms with Gasteiger partial charge in [0.2, 0.25) is 0 Å². The number of hydrogen-bond donors (Lipinski definition) is 1. The normalized spacial score (nSPS) is 16.1. The van der Waals surface area contributed by atoms with Crippen molar-refractivity contribution in [3.63, 3.8) is 0 Å². The van der Waals surface area contributed by atoms with E-state index in [-0.39, 0.29) is 12.4 Å². The molecule has 0 spiro atoms. The summed E-state index contributed by atoms with van der Waals surface area (Å²) in [5.74, 6) is 0.766. The molecule has 2 aromatic carbocycles. The maximum absolute atomic E-state index is 10.6. The summed E-state index contributed by atoms with van der Waals surface area (Å²) in [7, 11) is 1.67. The molecule has 1 fully saturated rings. The monoisotopic (exact) mass is 361 g/mol. The summed E-state index contributed by atoms with van der Waals surface area (Å²) in [5, 5.41) is 10.6. The van der Waals surface area contributed by atoms with Crippen LogP contribution in [0.5, 0.6) is 5.75 Å². The van der Waals surface area contributed by atoms with Gasteiger partial charge in [0.05, 0.1) is 13.2 Å². The van der Waals surface area contributed by atoms with Gasteiger partial charge in [0.25, 0.3) is 0 Å². The van der Waals surface area contributed by atoms with Gasteiger partial charge in [-0.1, -0.05) is 48.9 Å². The lowest BCUT2D eigenvalue weighted by Crippen LogP contribution is -2.31. The molecule has 0 amide bonds. The van der Waals surface area contributed by atoms with Crippen LogP contribution in [0.15, 0.2) is 48.5 Å². The van der Waals surface area contributed by atoms with Crippen LogP contribution in [0.2, 0.25) is 0 Å². The van der Waals surface area contributed by atoms with E-state index in [0.717, 1.165) is 48.5 Å². The zero-order chi connectivity index (χ0) is 16.8. The summed E-state index contributed by atoms with van der Waals surface area (Å²) in [5.41, 5.74) is 3.15. The Morgan fingerprint density at radius 2 is 1.72 bits per heavy atom. The van der Waals surface area contributed by atoms with E-state index in [2.05, 4.69) is 23.1 Å². The summed E-state index contributed by atoms with van der Waals surface area (Å²) >= 11 is 0. The Labute approximate surface area is 157 Å². The van der Waals surface area contributed by atoms with Crippen LogP contribution in [0.3, 0.4) is 0 Å². The van der Waals surface area contributed by atoms with Crippen LogP contribution < -0.4 is 4.74 Å². The van der Waals surface area contributed by atoms with E-state index >= 15 is 0 Å². The number of aliphatic hydroxyl groups is 1. The molecule has 0 saturated carbocycles. The van der Waals surface area contributed by atoms with Gasteiger partial charge in [0, 0.05) is 12.1 Å². The topological polar surface area (TPSA) is 32.7 Å². The molecule has 4 heteroatoms. The first-order chi connectivity index (χ1) is 11.8. The maximum Gasteiger partial charge on any atom is 0.125 e. The van der Waals surface area contributed by atoms with Gasteiger partial charge in [-0.2, -0.15) is 0 Å². The van der Waals surface area contributed by atoms with Crippen molar-refractivity contribution in [2.45, 2.75) is 31.8 Å². The van der Waals surface area contributed by atoms with Gasteiger partial charge in [-0.3, -0.25) is 0 Å². The molecule has 1 aliphatic rings. The summed E-state index contributed by atoms with van der Waals surface area (Å²) in [6.07, 6.45) is 4.18. The van der Waals surface area contributed by atoms with Gasteiger partial charge < -0.3 is 14.7 Å². The molecule has 136 valence electrons. The number of halogens is 1. The largest absolute Gasteiger partial charge is 0.496 e. The molecule has 1 unspecified atom stereocenters. The predicted molar refractivity (Wildman–Crippen MR) is 106 cm³/mol. The predicted octanol–water partition coefficient (Wildman–Crippen LogP) is 4.69. The highest BCUT2D eigenvalue weighted by molar-refractivity contribution is 5.85. The molecule has 25 heavy (non-hydrogen) atoms. The van der Waals surface area contributed by atoms with Gasteiger partial charge >= 0.3 is 0 Å². The molecule has 1 atom stereocenters. The summed E-state index contributed by atoms with van der Waals surface area (Å²) in [6.45, 7) is 3.28. The van der Waals surface area contributed by atoms with Gasteiger partial charge in [-0.25, -0.2) is 0 Å². The van der Waals surface area contributed by atoms with Crippen molar-refractivity contribution >= 4 is 12.4 Å². The Morgan fingerprint density at radius 1 is 1.00 bits per heavy atom. The van der Waals surface area contributed by atoms with Crippen LogP contribution in [0.1, 0.15) is 37.4 Å². The van der Waals surface area contributed by atoms with Crippen LogP contribution >= 0.6 is 12.4 Å². The lowest BCUT2D eigenvalue weighted by Gasteiger charge is -2.27. The number of hydrogen-bond acceptors (Lipinski definition) is 3. The summed E-state index contributed by atoms with van der Waals surface area (Å²) in [4.78, 5) is 2.46. The number of piperidine rings is 1. The minimum Gasteiger partial charge on any atom is -0.496 e. The Kier molecular flexibility index (Phi) is 7.76. The second kappa shape index (κ2) is 9.81. The van der Waals surface area contributed by atoms with Crippen molar-refractivity contribution in [3.8, 4) is 16.9 Å². The summed E-state index contributed by atoms with van der Waals surface area (Å²) in [6, 6.07) is 16.3. The van der Waals surface area contributed by atoms with Gasteiger partial charge in [0.15, 0.2) is 0 Å². The highest BCUT2D eigenvalue weighted by Crippen LogP contribution is 2.32. The number of benzene rings is 2. The average molecular weight is 362 g/mol. The molecule has 2 aromatic rings. The third kappa shape index (κ3) is 5.21. The first-order valence-corrected chi connectivity index (χ1v) is 8.91. The number of nitrogens with zero attached hydrogens (tertiary/aromatic N) is 1. The molecule has 1 heterocycles. The van der Waals surface area contributed by atoms with E-state index in [1.165, 1.54) is 19.3 Å². The minimum absolute atomic E-state index is 0. The number of methoxy groups -OCH3 is 1. The third-order valence-electron chi connectivity index (χ3n) is 4.87. The van der Waals surface area contributed by atoms with Gasteiger partial charge in [-0.05, 0) is 49.5 Å². The molecule has 3 rings (SSSR count). The lowest BCUT2D eigenvalue weighted by molar-refractivity contribution is 0.131. The van der Waals surface area contributed by atoms with E-state index in [9.17, 15) is 5.11 Å². The van der Waals surface area contributed by atoms with Crippen molar-refractivity contribution in [3.05, 3.63) is 54.1 Å². The quantitative estimate of drug-likeness (QED) is 0.809. The minimum atomic E-state index is -0.480. The van der Waals surface area contributed by atoms with Crippen molar-refractivity contribution in [1.82, 2.24) is 4.90 Å². The van der Waals surface area contributed by atoms with Crippen LogP contribution in [-0.2, 0) is 0 Å². The van der Waals surface area contributed by atoms with E-state index in [0.29, 0.717) is 0 Å². The van der Waals surface area contributed by atoms with Crippen LogP contribution in [-0.4, -0.2) is 36.8 Å². The Morgan fingerprint density at radius 3 is 2.40 bits per heavy atom. The van der Waals surface area contributed by atoms with E-state index in [1.54, 1.807) is 7.11 Å². The number of rotatable bonds is 6. The Hall–Kier alpha value is -1.55. The molecule has 1 aliphatic heterocycles. The van der Waals surface area contributed by atoms with E-state index < -0.39 is 6.10 Å². The van der Waals surface area contributed by atoms with E-state index in [4.69, 9.17) is 4.74 Å². The van der Waals surface area contributed by atoms with Crippen molar-refractivity contribution in [2.24, 2.45) is 0 Å². The second-order valence-electron chi connectivity index (χ2n) is 6.53. The van der Waals surface area contributed by atoms with Crippen molar-refractivity contribution < 1.29 is 9.84 Å². The Bertz CT molecular complexity index is 642. The van der Waals surface area contributed by atoms with Crippen LogP contribution in [0.4, 0.5) is 0 Å². The smallest absolute Gasteiger partial charge is 0.125 e. The molecule has 0 aliphatic carbocycles. The number of ether oxygens (including phenoxy) is 1. The van der Waals surface area contributed by atoms with Gasteiger partial charge in [-0.15, -0.1) is 12.4 Å². The SMILES string of the molecule is COc1cc(-c2ccccc2)ccc1C(O)CCN1CCCCC1.Cl. The first kappa shape index (κ1) is 19.8. The summed E-state index contributed by atoms with van der Waals surface area (Å²) < 4.78 is 5.55. The standard InChI is InChI=1S/C21H27NO2.ClH/c1-24-21-16-18(17-8-4-2-5-9-17)10-11-19(21)20(23)12-15-22-13-6-3-7-14-22;/h2,4-5,8-11,16,20,23H,3,6-7,12-15H2,1H3;1H. The molecule has 0 bridgehead atoms. The van der Waals surface area contributed by atoms with Crippen molar-refractivity contribution in [1.29, 1.82) is 0 Å². The maximum atomic E-state index is 10.6. The lowest BCUT2D eigenvalue weighted by atomic mass is 9.99. The van der Waals surface area contributed by atoms with Crippen LogP contribution in [0.25, 0.3) is 11.1 Å². The highest BCUT2D eigenvalue weighted by Gasteiger charge is 2.17. The van der Waals surface area contributed by atoms with Gasteiger partial charge in [0.1, 0.15) is 5.75 Å². The number of aliphatic hydroxyl groups excluding tert-OH is 1. The third-order valence-corrected chi connectivity index (χ3v) is 4.87. The fraction of sp³-hybridized carbons (Fsp3) is 0.429. The Balaban J connectivity index is 0.00000225. The highest BCUT2D eigenvalue weighted by atomic mass is 35.5. The molecule has 0 aromatic heterocycles. The fourth-order valence-electron chi connectivity index (χ4n) is 3.44. The molecule has 1 saturated heterocycles. The molecule has 3 nitrogen and oxygen atoms in total. The molecular formula is C21H28ClNO2. The van der Waals surface area contributed by atoms with E-state index in [1.807, 2.05) is 30.3 Å². The molecule has 1 N–H and O–H groups in total. The zero-order valence-corrected chi connectivity index (χ0v) is 15.7. The zero-order valence-electron chi connectivity index (χ0n) is 14.9. The molecular weight excluding hydrogens is 334 g/mol.